The van der Waals surface area contributed by atoms with Crippen molar-refractivity contribution in [2.75, 3.05) is 7.11 Å². The molecule has 2 aromatic rings. The lowest BCUT2D eigenvalue weighted by Crippen LogP contribution is -2.40. The fraction of sp³-hybridized carbons (Fsp3) is 0.350. The molecule has 0 spiro atoms. The topological polar surface area (TPSA) is 68.3 Å². The highest BCUT2D eigenvalue weighted by Crippen LogP contribution is 2.21. The summed E-state index contributed by atoms with van der Waals surface area (Å²) in [5.74, 6) is -0.421. The Hall–Kier alpha value is -2.76. The van der Waals surface area contributed by atoms with Gasteiger partial charge in [0.05, 0.1) is 7.11 Å². The molecule has 5 nitrogen and oxygen atoms in total. The number of rotatable bonds is 6. The van der Waals surface area contributed by atoms with E-state index < -0.39 is 5.82 Å². The molecule has 26 heavy (non-hydrogen) atoms. The fourth-order valence-electron chi connectivity index (χ4n) is 2.48. The van der Waals surface area contributed by atoms with Crippen molar-refractivity contribution < 1.29 is 18.7 Å². The monoisotopic (exact) mass is 358 g/mol. The maximum atomic E-state index is 13.2. The predicted octanol–water partition coefficient (Wildman–Crippen LogP) is 3.11. The molecule has 0 atom stereocenters. The summed E-state index contributed by atoms with van der Waals surface area (Å²) < 4.78 is 18.4. The van der Waals surface area contributed by atoms with Crippen LogP contribution >= 0.6 is 0 Å². The lowest BCUT2D eigenvalue weighted by molar-refractivity contribution is -0.117. The molecule has 2 rings (SSSR count). The maximum Gasteiger partial charge on any atom is 0.270 e. The third kappa shape index (κ3) is 5.65. The number of benzene rings is 1. The summed E-state index contributed by atoms with van der Waals surface area (Å²) in [6, 6.07) is 7.41. The zero-order valence-electron chi connectivity index (χ0n) is 15.4. The van der Waals surface area contributed by atoms with Gasteiger partial charge in [-0.05, 0) is 44.5 Å². The molecular formula is C20H23FN2O3. The van der Waals surface area contributed by atoms with Crippen LogP contribution in [0.15, 0.2) is 36.5 Å². The van der Waals surface area contributed by atoms with Crippen LogP contribution in [0.3, 0.4) is 0 Å². The summed E-state index contributed by atoms with van der Waals surface area (Å²) in [5.41, 5.74) is 1.22. The van der Waals surface area contributed by atoms with Crippen molar-refractivity contribution in [3.05, 3.63) is 59.2 Å². The van der Waals surface area contributed by atoms with Crippen LogP contribution in [0.4, 0.5) is 4.39 Å². The lowest BCUT2D eigenvalue weighted by Gasteiger charge is -2.20. The minimum absolute atomic E-state index is 0.0664. The smallest absolute Gasteiger partial charge is 0.270 e. The van der Waals surface area contributed by atoms with Gasteiger partial charge in [-0.2, -0.15) is 0 Å². The zero-order valence-corrected chi connectivity index (χ0v) is 15.4. The lowest BCUT2D eigenvalue weighted by atomic mass is 10.0. The normalized spacial score (nSPS) is 11.1. The Bertz CT molecular complexity index is 813. The summed E-state index contributed by atoms with van der Waals surface area (Å²) in [4.78, 5) is 28.6. The zero-order chi connectivity index (χ0) is 19.3. The van der Waals surface area contributed by atoms with Crippen LogP contribution in [-0.2, 0) is 17.6 Å². The fourth-order valence-corrected chi connectivity index (χ4v) is 2.48. The molecule has 1 aromatic heterocycles. The number of carbonyl (C=O) groups is 2. The number of carbonyl (C=O) groups excluding carboxylic acids is 2. The van der Waals surface area contributed by atoms with E-state index in [0.29, 0.717) is 16.9 Å². The number of ether oxygens (including phenoxy) is 1. The SMILES string of the molecule is COc1cc(F)ccc1CC(=O)Cc1ccnc(C(=O)NC(C)(C)C)c1. The molecule has 6 heteroatoms. The number of hydrogen-bond donors (Lipinski definition) is 1. The van der Waals surface area contributed by atoms with E-state index in [1.54, 1.807) is 18.2 Å². The first-order valence-electron chi connectivity index (χ1n) is 8.29. The average Bonchev–Trinajstić information content (AvgIpc) is 2.55. The molecule has 0 aliphatic heterocycles. The van der Waals surface area contributed by atoms with E-state index >= 15 is 0 Å². The summed E-state index contributed by atoms with van der Waals surface area (Å²) in [6.07, 6.45) is 1.78. The van der Waals surface area contributed by atoms with Gasteiger partial charge in [-0.15, -0.1) is 0 Å². The van der Waals surface area contributed by atoms with Crippen LogP contribution in [0.2, 0.25) is 0 Å². The van der Waals surface area contributed by atoms with Crippen LogP contribution in [0, 0.1) is 5.82 Å². The molecule has 0 saturated heterocycles. The molecule has 0 fully saturated rings. The average molecular weight is 358 g/mol. The van der Waals surface area contributed by atoms with Crippen molar-refractivity contribution in [3.8, 4) is 5.75 Å². The number of pyridine rings is 1. The van der Waals surface area contributed by atoms with Crippen molar-refractivity contribution in [1.29, 1.82) is 0 Å². The van der Waals surface area contributed by atoms with Crippen molar-refractivity contribution in [2.45, 2.75) is 39.2 Å². The molecule has 1 amide bonds. The van der Waals surface area contributed by atoms with E-state index in [4.69, 9.17) is 4.74 Å². The van der Waals surface area contributed by atoms with E-state index in [9.17, 15) is 14.0 Å². The Balaban J connectivity index is 2.08. The molecule has 1 aromatic carbocycles. The number of halogens is 1. The third-order valence-corrected chi connectivity index (χ3v) is 3.58. The number of nitrogens with zero attached hydrogens (tertiary/aromatic N) is 1. The first kappa shape index (κ1) is 19.6. The number of aromatic nitrogens is 1. The number of ketones is 1. The number of Topliss-reactive ketones (excluding diaryl/α,β-unsaturated/α-hetero) is 1. The molecule has 0 unspecified atom stereocenters. The van der Waals surface area contributed by atoms with Crippen molar-refractivity contribution >= 4 is 11.7 Å². The molecule has 0 saturated carbocycles. The minimum atomic E-state index is -0.415. The van der Waals surface area contributed by atoms with Gasteiger partial charge in [-0.25, -0.2) is 4.39 Å². The van der Waals surface area contributed by atoms with E-state index in [1.807, 2.05) is 20.8 Å². The van der Waals surface area contributed by atoms with E-state index in [0.717, 1.165) is 0 Å². The van der Waals surface area contributed by atoms with Crippen LogP contribution in [0.1, 0.15) is 42.4 Å². The van der Waals surface area contributed by atoms with Crippen LogP contribution in [0.5, 0.6) is 5.75 Å². The van der Waals surface area contributed by atoms with Crippen LogP contribution < -0.4 is 10.1 Å². The molecule has 0 bridgehead atoms. The van der Waals surface area contributed by atoms with Gasteiger partial charge in [-0.3, -0.25) is 14.6 Å². The molecular weight excluding hydrogens is 335 g/mol. The molecule has 1 heterocycles. The van der Waals surface area contributed by atoms with Crippen LogP contribution in [-0.4, -0.2) is 29.3 Å². The first-order valence-corrected chi connectivity index (χ1v) is 8.29. The summed E-state index contributed by atoms with van der Waals surface area (Å²) in [6.45, 7) is 5.65. The second-order valence-electron chi connectivity index (χ2n) is 7.10. The Labute approximate surface area is 152 Å². The largest absolute Gasteiger partial charge is 0.496 e. The quantitative estimate of drug-likeness (QED) is 0.861. The van der Waals surface area contributed by atoms with Gasteiger partial charge >= 0.3 is 0 Å². The number of nitrogens with one attached hydrogen (secondary N) is 1. The maximum absolute atomic E-state index is 13.2. The van der Waals surface area contributed by atoms with Gasteiger partial charge in [0, 0.05) is 36.2 Å². The minimum Gasteiger partial charge on any atom is -0.496 e. The van der Waals surface area contributed by atoms with Crippen molar-refractivity contribution in [1.82, 2.24) is 10.3 Å². The Kier molecular flexibility index (Phi) is 6.08. The van der Waals surface area contributed by atoms with E-state index in [-0.39, 0.29) is 35.8 Å². The molecule has 0 aliphatic rings. The number of methoxy groups -OCH3 is 1. The standard InChI is InChI=1S/C20H23FN2O3/c1-20(2,3)23-19(25)17-10-13(7-8-22-17)9-16(24)11-14-5-6-15(21)12-18(14)26-4/h5-8,10,12H,9,11H2,1-4H3,(H,23,25). The number of hydrogen-bond acceptors (Lipinski definition) is 4. The highest BCUT2D eigenvalue weighted by Gasteiger charge is 2.17. The van der Waals surface area contributed by atoms with Crippen LogP contribution in [0.25, 0.3) is 0 Å². The molecule has 0 aliphatic carbocycles. The van der Waals surface area contributed by atoms with Gasteiger partial charge in [0.15, 0.2) is 0 Å². The summed E-state index contributed by atoms with van der Waals surface area (Å²) in [7, 11) is 1.44. The second kappa shape index (κ2) is 8.08. The Morgan fingerprint density at radius 3 is 2.54 bits per heavy atom. The Morgan fingerprint density at radius 1 is 1.15 bits per heavy atom. The number of amides is 1. The van der Waals surface area contributed by atoms with E-state index in [2.05, 4.69) is 10.3 Å². The molecule has 1 N–H and O–H groups in total. The highest BCUT2D eigenvalue weighted by atomic mass is 19.1. The predicted molar refractivity (Wildman–Crippen MR) is 96.8 cm³/mol. The Morgan fingerprint density at radius 2 is 1.88 bits per heavy atom. The molecule has 0 radical (unpaired) electrons. The second-order valence-corrected chi connectivity index (χ2v) is 7.10. The van der Waals surface area contributed by atoms with Gasteiger partial charge in [0.1, 0.15) is 23.0 Å². The third-order valence-electron chi connectivity index (χ3n) is 3.58. The molecule has 138 valence electrons. The van der Waals surface area contributed by atoms with Crippen molar-refractivity contribution in [3.63, 3.8) is 0 Å². The van der Waals surface area contributed by atoms with E-state index in [1.165, 1.54) is 25.4 Å². The summed E-state index contributed by atoms with van der Waals surface area (Å²) in [5, 5.41) is 2.84. The highest BCUT2D eigenvalue weighted by molar-refractivity contribution is 5.93. The first-order chi connectivity index (χ1) is 12.2. The van der Waals surface area contributed by atoms with Gasteiger partial charge < -0.3 is 10.1 Å². The van der Waals surface area contributed by atoms with Gasteiger partial charge in [0.25, 0.3) is 5.91 Å². The van der Waals surface area contributed by atoms with Gasteiger partial charge in [0.2, 0.25) is 0 Å². The summed E-state index contributed by atoms with van der Waals surface area (Å²) >= 11 is 0. The van der Waals surface area contributed by atoms with Crippen molar-refractivity contribution in [2.24, 2.45) is 0 Å². The van der Waals surface area contributed by atoms with Gasteiger partial charge in [-0.1, -0.05) is 6.07 Å².